The zero-order chi connectivity index (χ0) is 16.4. The van der Waals surface area contributed by atoms with E-state index in [9.17, 15) is 18.2 Å². The van der Waals surface area contributed by atoms with E-state index in [0.29, 0.717) is 11.1 Å². The third-order valence-corrected chi connectivity index (χ3v) is 3.10. The van der Waals surface area contributed by atoms with Crippen LogP contribution in [0.3, 0.4) is 0 Å². The molecule has 0 bridgehead atoms. The number of rotatable bonds is 5. The van der Waals surface area contributed by atoms with Gasteiger partial charge >= 0.3 is 7.83 Å². The number of carbonyl (C=O) groups is 2. The zero-order valence-corrected chi connectivity index (χ0v) is 12.3. The first-order valence-electron chi connectivity index (χ1n) is 6.84. The van der Waals surface area contributed by atoms with Crippen LogP contribution in [0, 0.1) is 0 Å². The number of hydrogen-bond donors (Lipinski definition) is 0. The molecule has 0 N–H and O–H groups in total. The number of Topliss-reactive ketones (excluding diaryl/α,β-unsaturated/α-hetero) is 2. The molecule has 0 saturated heterocycles. The summed E-state index contributed by atoms with van der Waals surface area (Å²) in [6.45, 7) is 2.07. The zero-order valence-electron chi connectivity index (χ0n) is 12.3. The first-order chi connectivity index (χ1) is 10.6. The summed E-state index contributed by atoms with van der Waals surface area (Å²) in [6, 6.07) is 16.4. The Morgan fingerprint density at radius 1 is 0.864 bits per heavy atom. The number of benzene rings is 2. The van der Waals surface area contributed by atoms with Gasteiger partial charge in [0.2, 0.25) is 0 Å². The fourth-order valence-electron chi connectivity index (χ4n) is 1.90. The summed E-state index contributed by atoms with van der Waals surface area (Å²) in [6.07, 6.45) is 0.868. The molecule has 0 spiro atoms. The lowest BCUT2D eigenvalue weighted by atomic mass is 10.0. The largest absolute Gasteiger partial charge is 0.577 e. The fraction of sp³-hybridized carbons (Fsp3) is 0.176. The summed E-state index contributed by atoms with van der Waals surface area (Å²) in [5, 5.41) is 0. The fourth-order valence-corrected chi connectivity index (χ4v) is 1.90. The molecule has 22 heavy (non-hydrogen) atoms. The Bertz CT molecular complexity index is 598. The lowest BCUT2D eigenvalue weighted by Crippen LogP contribution is -2.08. The number of carbonyl (C=O) groups excluding carboxylic acids is 2. The molecule has 1 radical (unpaired) electrons. The van der Waals surface area contributed by atoms with Gasteiger partial charge in [-0.25, -0.2) is 0 Å². The maximum atomic E-state index is 12.0. The number of aryl methyl sites for hydroxylation is 1. The third kappa shape index (κ3) is 5.60. The van der Waals surface area contributed by atoms with Gasteiger partial charge in [-0.05, 0) is 12.0 Å². The van der Waals surface area contributed by atoms with Gasteiger partial charge in [0.1, 0.15) is 0 Å². The molecule has 5 heteroatoms. The minimum Gasteiger partial charge on any atom is -0.294 e. The van der Waals surface area contributed by atoms with Crippen molar-refractivity contribution in [1.82, 2.24) is 0 Å². The molecule has 2 aromatic rings. The third-order valence-electron chi connectivity index (χ3n) is 3.10. The second-order valence-corrected chi connectivity index (χ2v) is 4.52. The Hall–Kier alpha value is -2.30. The van der Waals surface area contributed by atoms with Gasteiger partial charge in [0.25, 0.3) is 0 Å². The smallest absolute Gasteiger partial charge is 0.294 e. The molecule has 0 aliphatic carbocycles. The maximum absolute atomic E-state index is 12.0. The van der Waals surface area contributed by atoms with Crippen LogP contribution in [0.1, 0.15) is 39.6 Å². The van der Waals surface area contributed by atoms with Gasteiger partial charge in [0.15, 0.2) is 11.6 Å². The van der Waals surface area contributed by atoms with Crippen molar-refractivity contribution in [2.45, 2.75) is 19.8 Å². The highest BCUT2D eigenvalue weighted by Crippen LogP contribution is 2.10. The van der Waals surface area contributed by atoms with Gasteiger partial charge in [-0.2, -0.15) is 0 Å². The Balaban J connectivity index is 0.000000745. The molecular weight excluding hydrogens is 285 g/mol. The van der Waals surface area contributed by atoms with Crippen molar-refractivity contribution in [2.75, 3.05) is 0 Å². The van der Waals surface area contributed by atoms with E-state index in [2.05, 4.69) is 6.92 Å². The lowest BCUT2D eigenvalue weighted by Gasteiger charge is -2.02. The number of ketones is 2. The molecule has 0 unspecified atom stereocenters. The summed E-state index contributed by atoms with van der Waals surface area (Å²) in [7, 11) is -1.00. The van der Waals surface area contributed by atoms with Crippen molar-refractivity contribution in [3.05, 3.63) is 71.3 Å². The van der Waals surface area contributed by atoms with E-state index in [1.165, 1.54) is 5.56 Å². The summed E-state index contributed by atoms with van der Waals surface area (Å²) >= 11 is 0. The standard InChI is InChI=1S/C17H16O2.BF2/c1-2-13-8-10-15(11-9-13)17(19)12-16(18)14-6-4-3-5-7-14;2-1-3/h3-11H,2,12H2,1H3;. The number of hydrogen-bond acceptors (Lipinski definition) is 2. The predicted molar refractivity (Wildman–Crippen MR) is 83.5 cm³/mol. The van der Waals surface area contributed by atoms with Crippen LogP contribution in [0.2, 0.25) is 0 Å². The van der Waals surface area contributed by atoms with E-state index in [0.717, 1.165) is 6.42 Å². The highest BCUT2D eigenvalue weighted by Gasteiger charge is 2.13. The molecule has 0 aliphatic heterocycles. The monoisotopic (exact) mass is 301 g/mol. The van der Waals surface area contributed by atoms with Crippen molar-refractivity contribution >= 4 is 19.4 Å². The second-order valence-electron chi connectivity index (χ2n) is 4.52. The Kier molecular flexibility index (Phi) is 7.75. The molecule has 0 saturated carbocycles. The topological polar surface area (TPSA) is 34.1 Å². The summed E-state index contributed by atoms with van der Waals surface area (Å²) < 4.78 is 19.0. The van der Waals surface area contributed by atoms with Crippen molar-refractivity contribution in [3.8, 4) is 0 Å². The first-order valence-corrected chi connectivity index (χ1v) is 6.84. The van der Waals surface area contributed by atoms with Crippen molar-refractivity contribution in [1.29, 1.82) is 0 Å². The SMILES string of the molecule is CCc1ccc(C(=O)CC(=O)c2ccccc2)cc1.F[B]F. The van der Waals surface area contributed by atoms with Crippen LogP contribution >= 0.6 is 0 Å². The second kappa shape index (κ2) is 9.61. The van der Waals surface area contributed by atoms with E-state index >= 15 is 0 Å². The molecule has 0 heterocycles. The lowest BCUT2D eigenvalue weighted by molar-refractivity contribution is 0.0894. The summed E-state index contributed by atoms with van der Waals surface area (Å²) in [5.74, 6) is -0.262. The van der Waals surface area contributed by atoms with Gasteiger partial charge in [-0.15, -0.1) is 0 Å². The minimum atomic E-state index is -1.00. The van der Waals surface area contributed by atoms with Crippen LogP contribution < -0.4 is 0 Å². The van der Waals surface area contributed by atoms with Crippen LogP contribution in [-0.2, 0) is 6.42 Å². The van der Waals surface area contributed by atoms with Gasteiger partial charge in [-0.1, -0.05) is 61.5 Å². The molecule has 2 nitrogen and oxygen atoms in total. The first kappa shape index (κ1) is 17.8. The van der Waals surface area contributed by atoms with Gasteiger partial charge in [0.05, 0.1) is 6.42 Å². The minimum absolute atomic E-state index is 0.0739. The van der Waals surface area contributed by atoms with Crippen LogP contribution in [0.5, 0.6) is 0 Å². The van der Waals surface area contributed by atoms with Crippen LogP contribution in [0.15, 0.2) is 54.6 Å². The molecule has 2 aromatic carbocycles. The molecule has 0 atom stereocenters. The van der Waals surface area contributed by atoms with Crippen molar-refractivity contribution < 1.29 is 18.2 Å². The average Bonchev–Trinajstić information content (AvgIpc) is 2.56. The quantitative estimate of drug-likeness (QED) is 0.472. The molecule has 0 aliphatic rings. The normalized spacial score (nSPS) is 9.41. The Morgan fingerprint density at radius 2 is 1.32 bits per heavy atom. The van der Waals surface area contributed by atoms with E-state index in [1.54, 1.807) is 36.4 Å². The van der Waals surface area contributed by atoms with Crippen LogP contribution in [0.4, 0.5) is 8.63 Å². The molecule has 113 valence electrons. The summed E-state index contributed by atoms with van der Waals surface area (Å²) in [4.78, 5) is 23.9. The van der Waals surface area contributed by atoms with Crippen LogP contribution in [0.25, 0.3) is 0 Å². The Morgan fingerprint density at radius 3 is 1.77 bits per heavy atom. The van der Waals surface area contributed by atoms with E-state index in [1.807, 2.05) is 18.2 Å². The predicted octanol–water partition coefficient (Wildman–Crippen LogP) is 4.16. The van der Waals surface area contributed by atoms with E-state index in [-0.39, 0.29) is 18.0 Å². The highest BCUT2D eigenvalue weighted by molar-refractivity contribution is 6.15. The van der Waals surface area contributed by atoms with Gasteiger partial charge in [-0.3, -0.25) is 18.2 Å². The number of halogens is 2. The molecule has 0 aromatic heterocycles. The molecule has 0 fully saturated rings. The molecular formula is C17H16BF2O2. The van der Waals surface area contributed by atoms with Crippen molar-refractivity contribution in [3.63, 3.8) is 0 Å². The Labute approximate surface area is 129 Å². The van der Waals surface area contributed by atoms with Gasteiger partial charge < -0.3 is 0 Å². The van der Waals surface area contributed by atoms with Crippen LogP contribution in [-0.4, -0.2) is 19.4 Å². The molecule has 0 amide bonds. The van der Waals surface area contributed by atoms with E-state index in [4.69, 9.17) is 0 Å². The molecule has 2 rings (SSSR count). The highest BCUT2D eigenvalue weighted by atomic mass is 19.2. The van der Waals surface area contributed by atoms with E-state index < -0.39 is 7.83 Å². The summed E-state index contributed by atoms with van der Waals surface area (Å²) in [5.41, 5.74) is 2.37. The average molecular weight is 301 g/mol. The van der Waals surface area contributed by atoms with Gasteiger partial charge in [0, 0.05) is 11.1 Å². The maximum Gasteiger partial charge on any atom is 0.577 e. The van der Waals surface area contributed by atoms with Crippen molar-refractivity contribution in [2.24, 2.45) is 0 Å².